The van der Waals surface area contributed by atoms with Crippen LogP contribution < -0.4 is 0 Å². The van der Waals surface area contributed by atoms with E-state index in [1.807, 2.05) is 0 Å². The molecule has 0 fully saturated rings. The smallest absolute Gasteiger partial charge is 0.185 e. The number of ether oxygens (including phenoxy) is 1. The summed E-state index contributed by atoms with van der Waals surface area (Å²) in [7, 11) is 1.70. The summed E-state index contributed by atoms with van der Waals surface area (Å²) < 4.78 is 6.86. The highest BCUT2D eigenvalue weighted by atomic mass is 16.5. The van der Waals surface area contributed by atoms with Gasteiger partial charge >= 0.3 is 0 Å². The molecule has 0 spiro atoms. The van der Waals surface area contributed by atoms with Crippen molar-refractivity contribution in [1.82, 2.24) is 19.8 Å². The summed E-state index contributed by atoms with van der Waals surface area (Å²) in [4.78, 5) is 0. The predicted molar refractivity (Wildman–Crippen MR) is 76.3 cm³/mol. The van der Waals surface area contributed by atoms with Crippen LogP contribution in [0.15, 0.2) is 36.7 Å². The second-order valence-corrected chi connectivity index (χ2v) is 4.63. The molecule has 0 atom stereocenters. The van der Waals surface area contributed by atoms with E-state index in [1.165, 1.54) is 0 Å². The predicted octanol–water partition coefficient (Wildman–Crippen LogP) is 2.50. The van der Waals surface area contributed by atoms with Gasteiger partial charge in [0.25, 0.3) is 0 Å². The minimum absolute atomic E-state index is 0.622. The SMILES string of the molecule is CCc1cc(-c2ccc(COC)cc2)c2nncn2n1. The van der Waals surface area contributed by atoms with Gasteiger partial charge in [0.1, 0.15) is 6.33 Å². The lowest BCUT2D eigenvalue weighted by molar-refractivity contribution is 0.185. The van der Waals surface area contributed by atoms with Gasteiger partial charge in [0, 0.05) is 12.7 Å². The highest BCUT2D eigenvalue weighted by Gasteiger charge is 2.09. The van der Waals surface area contributed by atoms with E-state index < -0.39 is 0 Å². The monoisotopic (exact) mass is 268 g/mol. The lowest BCUT2D eigenvalue weighted by Crippen LogP contribution is -1.98. The Morgan fingerprint density at radius 2 is 2.00 bits per heavy atom. The van der Waals surface area contributed by atoms with Crippen molar-refractivity contribution in [3.05, 3.63) is 47.9 Å². The summed E-state index contributed by atoms with van der Waals surface area (Å²) >= 11 is 0. The Kier molecular flexibility index (Phi) is 3.43. The molecule has 0 radical (unpaired) electrons. The minimum atomic E-state index is 0.622. The van der Waals surface area contributed by atoms with E-state index in [4.69, 9.17) is 4.74 Å². The van der Waals surface area contributed by atoms with Crippen molar-refractivity contribution in [2.24, 2.45) is 0 Å². The zero-order valence-corrected chi connectivity index (χ0v) is 11.6. The first-order valence-electron chi connectivity index (χ1n) is 6.60. The van der Waals surface area contributed by atoms with E-state index >= 15 is 0 Å². The fourth-order valence-electron chi connectivity index (χ4n) is 2.21. The first-order chi connectivity index (χ1) is 9.81. The van der Waals surface area contributed by atoms with Crippen LogP contribution >= 0.6 is 0 Å². The zero-order chi connectivity index (χ0) is 13.9. The third-order valence-corrected chi connectivity index (χ3v) is 3.26. The van der Waals surface area contributed by atoms with E-state index in [-0.39, 0.29) is 0 Å². The lowest BCUT2D eigenvalue weighted by atomic mass is 10.0. The fourth-order valence-corrected chi connectivity index (χ4v) is 2.21. The van der Waals surface area contributed by atoms with Crippen LogP contribution in [0.4, 0.5) is 0 Å². The molecule has 0 saturated heterocycles. The van der Waals surface area contributed by atoms with Gasteiger partial charge in [0.05, 0.1) is 12.3 Å². The first kappa shape index (κ1) is 12.7. The van der Waals surface area contributed by atoms with Crippen LogP contribution in [-0.4, -0.2) is 26.9 Å². The Morgan fingerprint density at radius 3 is 2.70 bits per heavy atom. The molecule has 0 N–H and O–H groups in total. The number of fused-ring (bicyclic) bond motifs is 1. The molecule has 0 saturated carbocycles. The van der Waals surface area contributed by atoms with E-state index in [9.17, 15) is 0 Å². The molecule has 0 aliphatic rings. The molecule has 0 unspecified atom stereocenters. The van der Waals surface area contributed by atoms with Crippen LogP contribution in [0, 0.1) is 0 Å². The number of hydrogen-bond donors (Lipinski definition) is 0. The zero-order valence-electron chi connectivity index (χ0n) is 11.6. The molecule has 3 rings (SSSR count). The number of aryl methyl sites for hydroxylation is 1. The average Bonchev–Trinajstić information content (AvgIpc) is 2.95. The summed E-state index contributed by atoms with van der Waals surface area (Å²) in [6, 6.07) is 10.4. The number of hydrogen-bond acceptors (Lipinski definition) is 4. The van der Waals surface area contributed by atoms with Crippen LogP contribution in [0.5, 0.6) is 0 Å². The molecule has 0 aliphatic heterocycles. The lowest BCUT2D eigenvalue weighted by Gasteiger charge is -2.07. The average molecular weight is 268 g/mol. The van der Waals surface area contributed by atoms with Gasteiger partial charge in [-0.15, -0.1) is 10.2 Å². The topological polar surface area (TPSA) is 52.3 Å². The van der Waals surface area contributed by atoms with Crippen LogP contribution in [0.2, 0.25) is 0 Å². The van der Waals surface area contributed by atoms with Crippen molar-refractivity contribution in [3.63, 3.8) is 0 Å². The van der Waals surface area contributed by atoms with Crippen molar-refractivity contribution in [2.75, 3.05) is 7.11 Å². The number of nitrogens with zero attached hydrogens (tertiary/aromatic N) is 4. The Balaban J connectivity index is 2.10. The first-order valence-corrected chi connectivity index (χ1v) is 6.60. The highest BCUT2D eigenvalue weighted by Crippen LogP contribution is 2.24. The standard InChI is InChI=1S/C15H16N4O/c1-3-13-8-14(15-17-16-10-19(15)18-13)12-6-4-11(5-7-12)9-20-2/h4-8,10H,3,9H2,1-2H3. The van der Waals surface area contributed by atoms with Crippen molar-refractivity contribution < 1.29 is 4.74 Å². The summed E-state index contributed by atoms with van der Waals surface area (Å²) in [5.74, 6) is 0. The van der Waals surface area contributed by atoms with Gasteiger partial charge in [-0.1, -0.05) is 31.2 Å². The molecule has 3 aromatic rings. The van der Waals surface area contributed by atoms with Crippen LogP contribution in [0.25, 0.3) is 16.8 Å². The Bertz CT molecular complexity index is 718. The van der Waals surface area contributed by atoms with Crippen molar-refractivity contribution >= 4 is 5.65 Å². The van der Waals surface area contributed by atoms with Gasteiger partial charge in [-0.05, 0) is 23.6 Å². The molecule has 2 heterocycles. The normalized spacial score (nSPS) is 11.1. The maximum atomic E-state index is 5.13. The maximum absolute atomic E-state index is 5.13. The van der Waals surface area contributed by atoms with Crippen LogP contribution in [0.1, 0.15) is 18.2 Å². The van der Waals surface area contributed by atoms with Crippen molar-refractivity contribution in [1.29, 1.82) is 0 Å². The Labute approximate surface area is 117 Å². The van der Waals surface area contributed by atoms with Crippen LogP contribution in [-0.2, 0) is 17.8 Å². The summed E-state index contributed by atoms with van der Waals surface area (Å²) in [6.07, 6.45) is 2.51. The van der Waals surface area contributed by atoms with Gasteiger partial charge in [-0.2, -0.15) is 9.61 Å². The second kappa shape index (κ2) is 5.38. The maximum Gasteiger partial charge on any atom is 0.185 e. The number of rotatable bonds is 4. The van der Waals surface area contributed by atoms with Gasteiger partial charge in [-0.25, -0.2) is 0 Å². The molecule has 0 aliphatic carbocycles. The molecular formula is C15H16N4O. The van der Waals surface area contributed by atoms with E-state index in [0.29, 0.717) is 6.61 Å². The number of benzene rings is 1. The van der Waals surface area contributed by atoms with Gasteiger partial charge in [-0.3, -0.25) is 0 Å². The Morgan fingerprint density at radius 1 is 1.20 bits per heavy atom. The summed E-state index contributed by atoms with van der Waals surface area (Å²) in [5.41, 5.74) is 5.12. The molecule has 5 heteroatoms. The molecular weight excluding hydrogens is 252 g/mol. The van der Waals surface area contributed by atoms with E-state index in [1.54, 1.807) is 18.0 Å². The largest absolute Gasteiger partial charge is 0.380 e. The molecule has 0 amide bonds. The molecule has 102 valence electrons. The molecule has 0 bridgehead atoms. The molecule has 1 aromatic carbocycles. The molecule has 2 aromatic heterocycles. The van der Waals surface area contributed by atoms with Gasteiger partial charge in [0.15, 0.2) is 5.65 Å². The van der Waals surface area contributed by atoms with Gasteiger partial charge in [0.2, 0.25) is 0 Å². The van der Waals surface area contributed by atoms with E-state index in [0.717, 1.165) is 34.5 Å². The fraction of sp³-hybridized carbons (Fsp3) is 0.267. The summed E-state index contributed by atoms with van der Waals surface area (Å²) in [5, 5.41) is 12.6. The van der Waals surface area contributed by atoms with Crippen molar-refractivity contribution in [3.8, 4) is 11.1 Å². The highest BCUT2D eigenvalue weighted by molar-refractivity contribution is 5.77. The number of methoxy groups -OCH3 is 1. The third-order valence-electron chi connectivity index (χ3n) is 3.26. The molecule has 5 nitrogen and oxygen atoms in total. The second-order valence-electron chi connectivity index (χ2n) is 4.63. The Hall–Kier alpha value is -2.27. The van der Waals surface area contributed by atoms with E-state index in [2.05, 4.69) is 52.6 Å². The summed E-state index contributed by atoms with van der Waals surface area (Å²) in [6.45, 7) is 2.71. The van der Waals surface area contributed by atoms with Gasteiger partial charge < -0.3 is 4.74 Å². The number of aromatic nitrogens is 4. The van der Waals surface area contributed by atoms with Crippen molar-refractivity contribution in [2.45, 2.75) is 20.0 Å². The van der Waals surface area contributed by atoms with Crippen LogP contribution in [0.3, 0.4) is 0 Å². The quantitative estimate of drug-likeness (QED) is 0.729. The minimum Gasteiger partial charge on any atom is -0.380 e. The molecule has 20 heavy (non-hydrogen) atoms. The third kappa shape index (κ3) is 2.28.